The zero-order valence-electron chi connectivity index (χ0n) is 11.8. The SMILES string of the molecule is CCC(C(=O)O)N(C)C(=O)NCC1CC2CCC1C2. The maximum absolute atomic E-state index is 12.0. The van der Waals surface area contributed by atoms with E-state index in [-0.39, 0.29) is 6.03 Å². The van der Waals surface area contributed by atoms with Crippen LogP contribution in [0.25, 0.3) is 0 Å². The van der Waals surface area contributed by atoms with Gasteiger partial charge in [0.15, 0.2) is 0 Å². The minimum atomic E-state index is -0.944. The number of urea groups is 1. The van der Waals surface area contributed by atoms with Crippen LogP contribution in [0.3, 0.4) is 0 Å². The molecule has 5 heteroatoms. The molecular formula is C14H24N2O3. The number of nitrogens with one attached hydrogen (secondary N) is 1. The summed E-state index contributed by atoms with van der Waals surface area (Å²) in [5.41, 5.74) is 0. The molecule has 2 aliphatic carbocycles. The molecule has 108 valence electrons. The molecule has 19 heavy (non-hydrogen) atoms. The Balaban J connectivity index is 1.79. The number of rotatable bonds is 5. The average Bonchev–Trinajstić information content (AvgIpc) is 2.98. The molecule has 5 nitrogen and oxygen atoms in total. The van der Waals surface area contributed by atoms with E-state index in [4.69, 9.17) is 5.11 Å². The molecule has 2 amide bonds. The second-order valence-electron chi connectivity index (χ2n) is 5.99. The van der Waals surface area contributed by atoms with Crippen molar-refractivity contribution in [2.75, 3.05) is 13.6 Å². The van der Waals surface area contributed by atoms with Crippen LogP contribution in [0.4, 0.5) is 4.79 Å². The Morgan fingerprint density at radius 1 is 1.37 bits per heavy atom. The summed E-state index contributed by atoms with van der Waals surface area (Å²) in [4.78, 5) is 24.3. The maximum atomic E-state index is 12.0. The van der Waals surface area contributed by atoms with Gasteiger partial charge in [0.05, 0.1) is 0 Å². The summed E-state index contributed by atoms with van der Waals surface area (Å²) < 4.78 is 0. The number of nitrogens with zero attached hydrogens (tertiary/aromatic N) is 1. The number of hydrogen-bond donors (Lipinski definition) is 2. The van der Waals surface area contributed by atoms with E-state index in [1.54, 1.807) is 14.0 Å². The van der Waals surface area contributed by atoms with Gasteiger partial charge < -0.3 is 15.3 Å². The van der Waals surface area contributed by atoms with Crippen LogP contribution in [0.5, 0.6) is 0 Å². The fourth-order valence-corrected chi connectivity index (χ4v) is 3.73. The van der Waals surface area contributed by atoms with Crippen molar-refractivity contribution >= 4 is 12.0 Å². The topological polar surface area (TPSA) is 69.6 Å². The first-order valence-electron chi connectivity index (χ1n) is 7.26. The normalized spacial score (nSPS) is 30.1. The fourth-order valence-electron chi connectivity index (χ4n) is 3.73. The maximum Gasteiger partial charge on any atom is 0.326 e. The highest BCUT2D eigenvalue weighted by Crippen LogP contribution is 2.47. The van der Waals surface area contributed by atoms with Crippen LogP contribution in [0.1, 0.15) is 39.0 Å². The number of likely N-dealkylation sites (N-methyl/N-ethyl adjacent to an activating group) is 1. The van der Waals surface area contributed by atoms with Crippen LogP contribution in [0.2, 0.25) is 0 Å². The molecule has 0 aromatic rings. The third kappa shape index (κ3) is 3.01. The van der Waals surface area contributed by atoms with Gasteiger partial charge in [0.1, 0.15) is 6.04 Å². The van der Waals surface area contributed by atoms with Crippen molar-refractivity contribution < 1.29 is 14.7 Å². The molecule has 0 aromatic heterocycles. The van der Waals surface area contributed by atoms with Crippen LogP contribution in [0, 0.1) is 17.8 Å². The zero-order chi connectivity index (χ0) is 14.0. The molecule has 4 atom stereocenters. The van der Waals surface area contributed by atoms with E-state index < -0.39 is 12.0 Å². The van der Waals surface area contributed by atoms with Gasteiger partial charge in [-0.1, -0.05) is 13.3 Å². The summed E-state index contributed by atoms with van der Waals surface area (Å²) in [5, 5.41) is 11.9. The van der Waals surface area contributed by atoms with Crippen molar-refractivity contribution in [3.05, 3.63) is 0 Å². The van der Waals surface area contributed by atoms with Gasteiger partial charge in [-0.2, -0.15) is 0 Å². The average molecular weight is 268 g/mol. The summed E-state index contributed by atoms with van der Waals surface area (Å²) in [6.07, 6.45) is 5.63. The molecule has 4 unspecified atom stereocenters. The summed E-state index contributed by atoms with van der Waals surface area (Å²) in [6.45, 7) is 2.47. The summed E-state index contributed by atoms with van der Waals surface area (Å²) in [5.74, 6) is 1.30. The highest BCUT2D eigenvalue weighted by atomic mass is 16.4. The van der Waals surface area contributed by atoms with Gasteiger partial charge in [-0.3, -0.25) is 0 Å². The van der Waals surface area contributed by atoms with Crippen molar-refractivity contribution in [1.82, 2.24) is 10.2 Å². The Morgan fingerprint density at radius 3 is 2.58 bits per heavy atom. The highest BCUT2D eigenvalue weighted by molar-refractivity contribution is 5.82. The molecule has 0 radical (unpaired) electrons. The van der Waals surface area contributed by atoms with Crippen LogP contribution >= 0.6 is 0 Å². The number of carbonyl (C=O) groups is 2. The lowest BCUT2D eigenvalue weighted by Crippen LogP contribution is -2.48. The minimum absolute atomic E-state index is 0.267. The number of fused-ring (bicyclic) bond motifs is 2. The largest absolute Gasteiger partial charge is 0.480 e. The van der Waals surface area contributed by atoms with E-state index in [9.17, 15) is 9.59 Å². The van der Waals surface area contributed by atoms with Gasteiger partial charge in [0.2, 0.25) is 0 Å². The van der Waals surface area contributed by atoms with Crippen LogP contribution in [0.15, 0.2) is 0 Å². The van der Waals surface area contributed by atoms with Crippen molar-refractivity contribution in [2.24, 2.45) is 17.8 Å². The number of amides is 2. The number of aliphatic carboxylic acids is 1. The van der Waals surface area contributed by atoms with Crippen molar-refractivity contribution in [1.29, 1.82) is 0 Å². The van der Waals surface area contributed by atoms with Crippen LogP contribution in [-0.2, 0) is 4.79 Å². The van der Waals surface area contributed by atoms with Crippen molar-refractivity contribution in [2.45, 2.75) is 45.1 Å². The number of carboxylic acids is 1. The smallest absolute Gasteiger partial charge is 0.326 e. The second-order valence-corrected chi connectivity index (χ2v) is 5.99. The molecule has 2 bridgehead atoms. The summed E-state index contributed by atoms with van der Waals surface area (Å²) >= 11 is 0. The Morgan fingerprint density at radius 2 is 2.11 bits per heavy atom. The monoisotopic (exact) mass is 268 g/mol. The number of hydrogen-bond acceptors (Lipinski definition) is 2. The van der Waals surface area contributed by atoms with Gasteiger partial charge in [-0.25, -0.2) is 9.59 Å². The lowest BCUT2D eigenvalue weighted by atomic mass is 9.89. The van der Waals surface area contributed by atoms with Crippen molar-refractivity contribution in [3.63, 3.8) is 0 Å². The lowest BCUT2D eigenvalue weighted by molar-refractivity contribution is -0.141. The zero-order valence-corrected chi connectivity index (χ0v) is 11.8. The van der Waals surface area contributed by atoms with E-state index in [0.717, 1.165) is 11.8 Å². The third-order valence-corrected chi connectivity index (χ3v) is 4.86. The molecule has 0 aliphatic heterocycles. The molecule has 2 saturated carbocycles. The molecule has 0 spiro atoms. The van der Waals surface area contributed by atoms with E-state index in [1.165, 1.54) is 30.6 Å². The van der Waals surface area contributed by atoms with E-state index >= 15 is 0 Å². The predicted molar refractivity (Wildman–Crippen MR) is 71.8 cm³/mol. The summed E-state index contributed by atoms with van der Waals surface area (Å²) in [6, 6.07) is -1.00. The molecular weight excluding hydrogens is 244 g/mol. The quantitative estimate of drug-likeness (QED) is 0.800. The van der Waals surface area contributed by atoms with Crippen molar-refractivity contribution in [3.8, 4) is 0 Å². The molecule has 2 aliphatic rings. The number of carboxylic acid groups (broad SMARTS) is 1. The molecule has 2 fully saturated rings. The van der Waals surface area contributed by atoms with Gasteiger partial charge in [0.25, 0.3) is 0 Å². The first-order chi connectivity index (χ1) is 9.02. The first kappa shape index (κ1) is 14.2. The van der Waals surface area contributed by atoms with Gasteiger partial charge in [-0.15, -0.1) is 0 Å². The highest BCUT2D eigenvalue weighted by Gasteiger charge is 2.39. The predicted octanol–water partition coefficient (Wildman–Crippen LogP) is 1.93. The first-order valence-corrected chi connectivity index (χ1v) is 7.26. The van der Waals surface area contributed by atoms with Gasteiger partial charge in [-0.05, 0) is 43.4 Å². The molecule has 2 rings (SSSR count). The lowest BCUT2D eigenvalue weighted by Gasteiger charge is -2.27. The second kappa shape index (κ2) is 5.80. The van der Waals surface area contributed by atoms with E-state index in [2.05, 4.69) is 5.32 Å². The van der Waals surface area contributed by atoms with E-state index in [0.29, 0.717) is 18.9 Å². The van der Waals surface area contributed by atoms with Crippen LogP contribution < -0.4 is 5.32 Å². The standard InChI is InChI=1S/C14H24N2O3/c1-3-12(13(17)18)16(2)14(19)15-8-11-7-9-4-5-10(11)6-9/h9-12H,3-8H2,1-2H3,(H,15,19)(H,17,18). The molecule has 0 aromatic carbocycles. The van der Waals surface area contributed by atoms with Crippen LogP contribution in [-0.4, -0.2) is 41.6 Å². The van der Waals surface area contributed by atoms with Gasteiger partial charge >= 0.3 is 12.0 Å². The Bertz CT molecular complexity index is 359. The molecule has 2 N–H and O–H groups in total. The minimum Gasteiger partial charge on any atom is -0.480 e. The summed E-state index contributed by atoms with van der Waals surface area (Å²) in [7, 11) is 1.55. The third-order valence-electron chi connectivity index (χ3n) is 4.86. The Labute approximate surface area is 114 Å². The van der Waals surface area contributed by atoms with E-state index in [1.807, 2.05) is 0 Å². The molecule has 0 heterocycles. The Hall–Kier alpha value is -1.26. The Kier molecular flexibility index (Phi) is 4.32. The number of carbonyl (C=O) groups excluding carboxylic acids is 1. The van der Waals surface area contributed by atoms with Gasteiger partial charge in [0, 0.05) is 13.6 Å². The fraction of sp³-hybridized carbons (Fsp3) is 0.857. The molecule has 0 saturated heterocycles.